The van der Waals surface area contributed by atoms with Crippen molar-refractivity contribution in [1.82, 2.24) is 0 Å². The standard InChI is InChI=1S/C10H11ClFNO3S/c1-17(15,16)5-4-10(14)13-9-3-2-7(11)6-8(9)12/h2-3,6H,4-5H2,1H3,(H,13,14). The minimum atomic E-state index is -3.20. The summed E-state index contributed by atoms with van der Waals surface area (Å²) in [6.45, 7) is 0. The maximum absolute atomic E-state index is 13.3. The third-order valence-corrected chi connectivity index (χ3v) is 3.09. The summed E-state index contributed by atoms with van der Waals surface area (Å²) < 4.78 is 34.9. The molecule has 1 rings (SSSR count). The molecule has 1 amide bonds. The summed E-state index contributed by atoms with van der Waals surface area (Å²) in [5.41, 5.74) is -0.0205. The zero-order valence-corrected chi connectivity index (χ0v) is 10.6. The van der Waals surface area contributed by atoms with E-state index in [9.17, 15) is 17.6 Å². The number of carbonyl (C=O) groups excluding carboxylic acids is 1. The Bertz CT molecular complexity index is 530. The van der Waals surface area contributed by atoms with Crippen molar-refractivity contribution in [3.8, 4) is 0 Å². The Morgan fingerprint density at radius 1 is 1.47 bits per heavy atom. The molecule has 0 unspecified atom stereocenters. The van der Waals surface area contributed by atoms with E-state index in [0.29, 0.717) is 0 Å². The molecule has 0 bridgehead atoms. The number of nitrogens with one attached hydrogen (secondary N) is 1. The third-order valence-electron chi connectivity index (χ3n) is 1.91. The highest BCUT2D eigenvalue weighted by molar-refractivity contribution is 7.90. The van der Waals surface area contributed by atoms with Crippen LogP contribution in [0.3, 0.4) is 0 Å². The molecule has 0 aromatic heterocycles. The summed E-state index contributed by atoms with van der Waals surface area (Å²) in [4.78, 5) is 11.3. The number of hydrogen-bond donors (Lipinski definition) is 1. The van der Waals surface area contributed by atoms with Gasteiger partial charge in [0.05, 0.1) is 11.4 Å². The molecule has 0 aliphatic heterocycles. The van der Waals surface area contributed by atoms with Crippen molar-refractivity contribution in [1.29, 1.82) is 0 Å². The predicted molar refractivity (Wildman–Crippen MR) is 64.4 cm³/mol. The van der Waals surface area contributed by atoms with Gasteiger partial charge in [-0.05, 0) is 18.2 Å². The summed E-state index contributed by atoms with van der Waals surface area (Å²) in [6, 6.07) is 3.81. The Kier molecular flexibility index (Phi) is 4.47. The summed E-state index contributed by atoms with van der Waals surface area (Å²) in [7, 11) is -3.20. The topological polar surface area (TPSA) is 63.2 Å². The van der Waals surface area contributed by atoms with Gasteiger partial charge in [0.2, 0.25) is 5.91 Å². The lowest BCUT2D eigenvalue weighted by Gasteiger charge is -2.06. The zero-order chi connectivity index (χ0) is 13.1. The van der Waals surface area contributed by atoms with Gasteiger partial charge >= 0.3 is 0 Å². The van der Waals surface area contributed by atoms with Crippen molar-refractivity contribution >= 4 is 33.0 Å². The van der Waals surface area contributed by atoms with Crippen LogP contribution in [0.15, 0.2) is 18.2 Å². The lowest BCUT2D eigenvalue weighted by Crippen LogP contribution is -2.17. The molecule has 0 saturated heterocycles. The Morgan fingerprint density at radius 2 is 2.12 bits per heavy atom. The molecule has 4 nitrogen and oxygen atoms in total. The molecule has 0 fully saturated rings. The maximum Gasteiger partial charge on any atom is 0.225 e. The first-order valence-corrected chi connectivity index (χ1v) is 7.14. The Morgan fingerprint density at radius 3 is 2.65 bits per heavy atom. The SMILES string of the molecule is CS(=O)(=O)CCC(=O)Nc1ccc(Cl)cc1F. The van der Waals surface area contributed by atoms with Crippen LogP contribution in [0.1, 0.15) is 6.42 Å². The Labute approximate surface area is 104 Å². The first-order valence-electron chi connectivity index (χ1n) is 4.70. The fourth-order valence-electron chi connectivity index (χ4n) is 1.08. The van der Waals surface area contributed by atoms with E-state index in [-0.39, 0.29) is 22.9 Å². The van der Waals surface area contributed by atoms with Crippen LogP contribution in [0.4, 0.5) is 10.1 Å². The average molecular weight is 280 g/mol. The zero-order valence-electron chi connectivity index (χ0n) is 9.04. The van der Waals surface area contributed by atoms with Crippen LogP contribution < -0.4 is 5.32 Å². The second-order valence-corrected chi connectivity index (χ2v) is 6.25. The van der Waals surface area contributed by atoms with Crippen LogP contribution in [0.5, 0.6) is 0 Å². The highest BCUT2D eigenvalue weighted by Crippen LogP contribution is 2.18. The van der Waals surface area contributed by atoms with Crippen molar-refractivity contribution < 1.29 is 17.6 Å². The first-order chi connectivity index (χ1) is 7.78. The van der Waals surface area contributed by atoms with Crippen LogP contribution >= 0.6 is 11.6 Å². The quantitative estimate of drug-likeness (QED) is 0.915. The van der Waals surface area contributed by atoms with Crippen LogP contribution in [0, 0.1) is 5.82 Å². The van der Waals surface area contributed by atoms with E-state index in [2.05, 4.69) is 5.32 Å². The van der Waals surface area contributed by atoms with Crippen molar-refractivity contribution in [2.24, 2.45) is 0 Å². The molecule has 7 heteroatoms. The number of sulfone groups is 1. The molecular weight excluding hydrogens is 269 g/mol. The molecule has 1 aromatic carbocycles. The number of amides is 1. The number of rotatable bonds is 4. The maximum atomic E-state index is 13.3. The molecule has 0 spiro atoms. The van der Waals surface area contributed by atoms with Crippen LogP contribution in [-0.4, -0.2) is 26.3 Å². The summed E-state index contributed by atoms with van der Waals surface area (Å²) >= 11 is 5.54. The summed E-state index contributed by atoms with van der Waals surface area (Å²) in [5, 5.41) is 2.49. The Balaban J connectivity index is 2.62. The second-order valence-electron chi connectivity index (χ2n) is 3.55. The predicted octanol–water partition coefficient (Wildman–Crippen LogP) is 1.85. The summed E-state index contributed by atoms with van der Waals surface area (Å²) in [6.07, 6.45) is 0.823. The minimum absolute atomic E-state index is 0.0205. The molecule has 0 radical (unpaired) electrons. The molecule has 94 valence electrons. The molecule has 0 saturated carbocycles. The van der Waals surface area contributed by atoms with E-state index >= 15 is 0 Å². The minimum Gasteiger partial charge on any atom is -0.324 e. The highest BCUT2D eigenvalue weighted by Gasteiger charge is 2.10. The highest BCUT2D eigenvalue weighted by atomic mass is 35.5. The van der Waals surface area contributed by atoms with E-state index in [1.807, 2.05) is 0 Å². The average Bonchev–Trinajstić information content (AvgIpc) is 2.18. The largest absolute Gasteiger partial charge is 0.324 e. The van der Waals surface area contributed by atoms with E-state index in [1.54, 1.807) is 0 Å². The van der Waals surface area contributed by atoms with Gasteiger partial charge in [-0.25, -0.2) is 12.8 Å². The van der Waals surface area contributed by atoms with E-state index in [4.69, 9.17) is 11.6 Å². The lowest BCUT2D eigenvalue weighted by molar-refractivity contribution is -0.115. The van der Waals surface area contributed by atoms with E-state index < -0.39 is 21.6 Å². The molecule has 1 aromatic rings. The Hall–Kier alpha value is -1.14. The molecule has 17 heavy (non-hydrogen) atoms. The van der Waals surface area contributed by atoms with Gasteiger partial charge in [0.1, 0.15) is 15.7 Å². The number of halogens is 2. The fraction of sp³-hybridized carbons (Fsp3) is 0.300. The van der Waals surface area contributed by atoms with Crippen molar-refractivity contribution in [3.63, 3.8) is 0 Å². The van der Waals surface area contributed by atoms with Crippen molar-refractivity contribution in [2.75, 3.05) is 17.3 Å². The van der Waals surface area contributed by atoms with Gasteiger partial charge < -0.3 is 5.32 Å². The number of hydrogen-bond acceptors (Lipinski definition) is 3. The van der Waals surface area contributed by atoms with Gasteiger partial charge in [-0.1, -0.05) is 11.6 Å². The summed E-state index contributed by atoms with van der Waals surface area (Å²) in [5.74, 6) is -1.49. The third kappa shape index (κ3) is 5.14. The van der Waals surface area contributed by atoms with Gasteiger partial charge in [0.15, 0.2) is 0 Å². The van der Waals surface area contributed by atoms with E-state index in [1.165, 1.54) is 12.1 Å². The number of carbonyl (C=O) groups is 1. The molecule has 0 atom stereocenters. The number of benzene rings is 1. The van der Waals surface area contributed by atoms with Crippen molar-refractivity contribution in [3.05, 3.63) is 29.0 Å². The van der Waals surface area contributed by atoms with Crippen molar-refractivity contribution in [2.45, 2.75) is 6.42 Å². The van der Waals surface area contributed by atoms with Gasteiger partial charge in [-0.15, -0.1) is 0 Å². The molecule has 0 heterocycles. The molecule has 1 N–H and O–H groups in total. The van der Waals surface area contributed by atoms with Crippen LogP contribution in [-0.2, 0) is 14.6 Å². The van der Waals surface area contributed by atoms with Gasteiger partial charge in [-0.2, -0.15) is 0 Å². The van der Waals surface area contributed by atoms with Gasteiger partial charge in [0, 0.05) is 17.7 Å². The molecule has 0 aliphatic rings. The van der Waals surface area contributed by atoms with Crippen LogP contribution in [0.2, 0.25) is 5.02 Å². The lowest BCUT2D eigenvalue weighted by atomic mass is 10.3. The van der Waals surface area contributed by atoms with Gasteiger partial charge in [-0.3, -0.25) is 4.79 Å². The molecular formula is C10H11ClFNO3S. The second kappa shape index (κ2) is 5.46. The van der Waals surface area contributed by atoms with Gasteiger partial charge in [0.25, 0.3) is 0 Å². The van der Waals surface area contributed by atoms with Crippen LogP contribution in [0.25, 0.3) is 0 Å². The normalized spacial score (nSPS) is 11.2. The fourth-order valence-corrected chi connectivity index (χ4v) is 1.80. The number of anilines is 1. The monoisotopic (exact) mass is 279 g/mol. The first kappa shape index (κ1) is 13.9. The molecule has 0 aliphatic carbocycles. The smallest absolute Gasteiger partial charge is 0.225 e. The van der Waals surface area contributed by atoms with E-state index in [0.717, 1.165) is 12.3 Å².